The molecule has 0 fully saturated rings. The maximum atomic E-state index is 11.8. The predicted octanol–water partition coefficient (Wildman–Crippen LogP) is 2.15. The summed E-state index contributed by atoms with van der Waals surface area (Å²) in [6.45, 7) is -0.292. The highest BCUT2D eigenvalue weighted by atomic mass is 19.4. The van der Waals surface area contributed by atoms with Gasteiger partial charge in [0.25, 0.3) is 0 Å². The lowest BCUT2D eigenvalue weighted by molar-refractivity contribution is -0.274. The summed E-state index contributed by atoms with van der Waals surface area (Å²) in [5.41, 5.74) is 0.239. The molecule has 0 aliphatic heterocycles. The summed E-state index contributed by atoms with van der Waals surface area (Å²) in [4.78, 5) is 11.2. The molecule has 88 valence electrons. The van der Waals surface area contributed by atoms with Gasteiger partial charge in [-0.3, -0.25) is 4.79 Å². The molecular formula is C10H9F3O3. The van der Waals surface area contributed by atoms with E-state index in [1.165, 1.54) is 12.1 Å². The van der Waals surface area contributed by atoms with E-state index in [4.69, 9.17) is 5.11 Å². The number of carbonyl (C=O) groups excluding carboxylic acids is 1. The topological polar surface area (TPSA) is 46.5 Å². The number of rotatable bonds is 4. The van der Waals surface area contributed by atoms with Crippen LogP contribution in [-0.2, 0) is 0 Å². The summed E-state index contributed by atoms with van der Waals surface area (Å²) in [5.74, 6) is -0.714. The molecule has 0 saturated heterocycles. The van der Waals surface area contributed by atoms with Crippen molar-refractivity contribution in [1.29, 1.82) is 0 Å². The van der Waals surface area contributed by atoms with Gasteiger partial charge in [0.05, 0.1) is 6.61 Å². The van der Waals surface area contributed by atoms with Crippen LogP contribution in [-0.4, -0.2) is 23.9 Å². The van der Waals surface area contributed by atoms with Crippen LogP contribution in [0.3, 0.4) is 0 Å². The van der Waals surface area contributed by atoms with E-state index in [9.17, 15) is 18.0 Å². The van der Waals surface area contributed by atoms with Gasteiger partial charge in [-0.15, -0.1) is 13.2 Å². The molecule has 0 aliphatic rings. The number of hydrogen-bond donors (Lipinski definition) is 1. The standard InChI is InChI=1S/C10H9F3O3/c11-10(12,13)16-8-3-1-7(2-4-8)9(15)5-6-14/h1-4,14H,5-6H2. The second-order valence-electron chi connectivity index (χ2n) is 2.97. The molecule has 0 amide bonds. The Balaban J connectivity index is 2.72. The van der Waals surface area contributed by atoms with Crippen LogP contribution < -0.4 is 4.74 Å². The first kappa shape index (κ1) is 12.5. The van der Waals surface area contributed by atoms with Crippen molar-refractivity contribution in [2.75, 3.05) is 6.61 Å². The second-order valence-corrected chi connectivity index (χ2v) is 2.97. The number of hydrogen-bond acceptors (Lipinski definition) is 3. The highest BCUT2D eigenvalue weighted by Crippen LogP contribution is 2.22. The molecule has 0 heterocycles. The Morgan fingerprint density at radius 2 is 1.81 bits per heavy atom. The van der Waals surface area contributed by atoms with Crippen LogP contribution in [0, 0.1) is 0 Å². The van der Waals surface area contributed by atoms with E-state index in [0.29, 0.717) is 0 Å². The molecule has 6 heteroatoms. The predicted molar refractivity (Wildman–Crippen MR) is 49.2 cm³/mol. The van der Waals surface area contributed by atoms with Crippen LogP contribution in [0.2, 0.25) is 0 Å². The van der Waals surface area contributed by atoms with Crippen LogP contribution in [0.5, 0.6) is 5.75 Å². The number of aliphatic hydroxyl groups excluding tert-OH is 1. The quantitative estimate of drug-likeness (QED) is 0.812. The molecule has 0 atom stereocenters. The Hall–Kier alpha value is -1.56. The van der Waals surface area contributed by atoms with Crippen molar-refractivity contribution in [1.82, 2.24) is 0 Å². The number of carbonyl (C=O) groups is 1. The summed E-state index contributed by atoms with van der Waals surface area (Å²) in [5, 5.41) is 8.51. The molecule has 0 saturated carbocycles. The van der Waals surface area contributed by atoms with Gasteiger partial charge in [-0.05, 0) is 24.3 Å². The Morgan fingerprint density at radius 1 is 1.25 bits per heavy atom. The van der Waals surface area contributed by atoms with Gasteiger partial charge in [-0.1, -0.05) is 0 Å². The molecule has 1 aromatic rings. The molecule has 0 spiro atoms. The fraction of sp³-hybridized carbons (Fsp3) is 0.300. The Morgan fingerprint density at radius 3 is 2.25 bits per heavy atom. The minimum absolute atomic E-state index is 0.0561. The molecule has 1 rings (SSSR count). The van der Waals surface area contributed by atoms with E-state index in [-0.39, 0.29) is 30.1 Å². The lowest BCUT2D eigenvalue weighted by Crippen LogP contribution is -2.17. The zero-order chi connectivity index (χ0) is 12.2. The largest absolute Gasteiger partial charge is 0.573 e. The average molecular weight is 234 g/mol. The van der Waals surface area contributed by atoms with Gasteiger partial charge >= 0.3 is 6.36 Å². The number of ether oxygens (including phenoxy) is 1. The minimum Gasteiger partial charge on any atom is -0.406 e. The normalized spacial score (nSPS) is 11.2. The van der Waals surface area contributed by atoms with Gasteiger partial charge < -0.3 is 9.84 Å². The molecule has 0 bridgehead atoms. The van der Waals surface area contributed by atoms with Gasteiger partial charge in [-0.25, -0.2) is 0 Å². The number of aliphatic hydroxyl groups is 1. The molecule has 3 nitrogen and oxygen atoms in total. The molecule has 1 N–H and O–H groups in total. The van der Waals surface area contributed by atoms with Gasteiger partial charge in [0.1, 0.15) is 5.75 Å². The first-order valence-electron chi connectivity index (χ1n) is 4.42. The molecule has 1 aromatic carbocycles. The van der Waals surface area contributed by atoms with E-state index < -0.39 is 6.36 Å². The summed E-state index contributed by atoms with van der Waals surface area (Å²) in [6, 6.07) is 4.55. The third-order valence-electron chi connectivity index (χ3n) is 1.75. The fourth-order valence-electron chi connectivity index (χ4n) is 1.09. The number of benzene rings is 1. The third kappa shape index (κ3) is 3.90. The van der Waals surface area contributed by atoms with Crippen LogP contribution in [0.25, 0.3) is 0 Å². The van der Waals surface area contributed by atoms with Crippen molar-refractivity contribution < 1.29 is 27.8 Å². The third-order valence-corrected chi connectivity index (χ3v) is 1.75. The van der Waals surface area contributed by atoms with Crippen LogP contribution in [0.4, 0.5) is 13.2 Å². The fourth-order valence-corrected chi connectivity index (χ4v) is 1.09. The van der Waals surface area contributed by atoms with Crippen molar-refractivity contribution in [3.63, 3.8) is 0 Å². The number of halogens is 3. The van der Waals surface area contributed by atoms with Gasteiger partial charge in [-0.2, -0.15) is 0 Å². The minimum atomic E-state index is -4.74. The Bertz CT molecular complexity index is 357. The van der Waals surface area contributed by atoms with Crippen LogP contribution in [0.15, 0.2) is 24.3 Å². The van der Waals surface area contributed by atoms with E-state index in [2.05, 4.69) is 4.74 Å². The number of ketones is 1. The van der Waals surface area contributed by atoms with Crippen LogP contribution >= 0.6 is 0 Å². The van der Waals surface area contributed by atoms with Crippen molar-refractivity contribution in [2.24, 2.45) is 0 Å². The molecule has 0 aromatic heterocycles. The summed E-state index contributed by atoms with van der Waals surface area (Å²) < 4.78 is 39.0. The smallest absolute Gasteiger partial charge is 0.406 e. The first-order valence-corrected chi connectivity index (χ1v) is 4.42. The molecular weight excluding hydrogens is 225 g/mol. The SMILES string of the molecule is O=C(CCO)c1ccc(OC(F)(F)F)cc1. The molecule has 0 unspecified atom stereocenters. The van der Waals surface area contributed by atoms with E-state index in [1.807, 2.05) is 0 Å². The highest BCUT2D eigenvalue weighted by Gasteiger charge is 2.30. The van der Waals surface area contributed by atoms with Gasteiger partial charge in [0, 0.05) is 12.0 Å². The van der Waals surface area contributed by atoms with Crippen molar-refractivity contribution >= 4 is 5.78 Å². The van der Waals surface area contributed by atoms with Crippen molar-refractivity contribution in [3.8, 4) is 5.75 Å². The van der Waals surface area contributed by atoms with Crippen LogP contribution in [0.1, 0.15) is 16.8 Å². The molecule has 0 radical (unpaired) electrons. The van der Waals surface area contributed by atoms with Crippen molar-refractivity contribution in [3.05, 3.63) is 29.8 Å². The second kappa shape index (κ2) is 4.98. The molecule has 16 heavy (non-hydrogen) atoms. The Labute approximate surface area is 89.5 Å². The zero-order valence-electron chi connectivity index (χ0n) is 8.12. The Kier molecular flexibility index (Phi) is 3.89. The monoisotopic (exact) mass is 234 g/mol. The highest BCUT2D eigenvalue weighted by molar-refractivity contribution is 5.96. The maximum Gasteiger partial charge on any atom is 0.573 e. The van der Waals surface area contributed by atoms with Gasteiger partial charge in [0.2, 0.25) is 0 Å². The zero-order valence-corrected chi connectivity index (χ0v) is 8.12. The van der Waals surface area contributed by atoms with E-state index >= 15 is 0 Å². The lowest BCUT2D eigenvalue weighted by atomic mass is 10.1. The number of Topliss-reactive ketones (excluding diaryl/α,β-unsaturated/α-hetero) is 1. The average Bonchev–Trinajstić information content (AvgIpc) is 2.16. The summed E-state index contributed by atoms with van der Waals surface area (Å²) >= 11 is 0. The van der Waals surface area contributed by atoms with E-state index in [0.717, 1.165) is 12.1 Å². The van der Waals surface area contributed by atoms with E-state index in [1.54, 1.807) is 0 Å². The number of alkyl halides is 3. The summed E-state index contributed by atoms with van der Waals surface area (Å²) in [7, 11) is 0. The lowest BCUT2D eigenvalue weighted by Gasteiger charge is -2.08. The summed E-state index contributed by atoms with van der Waals surface area (Å²) in [6.07, 6.45) is -4.80. The maximum absolute atomic E-state index is 11.8. The van der Waals surface area contributed by atoms with Crippen molar-refractivity contribution in [2.45, 2.75) is 12.8 Å². The van der Waals surface area contributed by atoms with Gasteiger partial charge in [0.15, 0.2) is 5.78 Å². The first-order chi connectivity index (χ1) is 7.42. The molecule has 0 aliphatic carbocycles.